The first-order chi connectivity index (χ1) is 15.4. The molecule has 32 heavy (non-hydrogen) atoms. The molecular weight excluding hydrogens is 422 g/mol. The van der Waals surface area contributed by atoms with Crippen LogP contribution in [0.15, 0.2) is 58.7 Å². The highest BCUT2D eigenvalue weighted by molar-refractivity contribution is 7.99. The van der Waals surface area contributed by atoms with E-state index in [1.165, 1.54) is 11.8 Å². The molecule has 0 saturated heterocycles. The van der Waals surface area contributed by atoms with Gasteiger partial charge in [-0.1, -0.05) is 36.0 Å². The van der Waals surface area contributed by atoms with Crippen LogP contribution < -0.4 is 10.9 Å². The fourth-order valence-electron chi connectivity index (χ4n) is 4.04. The lowest BCUT2D eigenvalue weighted by atomic mass is 10.1. The van der Waals surface area contributed by atoms with E-state index in [0.717, 1.165) is 28.2 Å². The zero-order valence-corrected chi connectivity index (χ0v) is 18.9. The molecule has 1 aliphatic rings. The molecule has 4 heterocycles. The van der Waals surface area contributed by atoms with E-state index in [0.29, 0.717) is 22.2 Å². The Balaban J connectivity index is 1.41. The van der Waals surface area contributed by atoms with Gasteiger partial charge in [0.25, 0.3) is 5.56 Å². The third-order valence-corrected chi connectivity index (χ3v) is 7.00. The van der Waals surface area contributed by atoms with Gasteiger partial charge in [-0.25, -0.2) is 9.97 Å². The molecule has 0 aliphatic carbocycles. The Morgan fingerprint density at radius 3 is 2.78 bits per heavy atom. The highest BCUT2D eigenvalue weighted by atomic mass is 32.2. The van der Waals surface area contributed by atoms with Gasteiger partial charge in [0.2, 0.25) is 5.91 Å². The van der Waals surface area contributed by atoms with E-state index in [1.54, 1.807) is 11.5 Å². The Morgan fingerprint density at radius 1 is 1.16 bits per heavy atom. The summed E-state index contributed by atoms with van der Waals surface area (Å²) in [7, 11) is 0. The van der Waals surface area contributed by atoms with Crippen LogP contribution >= 0.6 is 11.8 Å². The lowest BCUT2D eigenvalue weighted by molar-refractivity contribution is -0.116. The number of hydrogen-bond donors (Lipinski definition) is 1. The number of thioether (sulfide) groups is 1. The van der Waals surface area contributed by atoms with Crippen molar-refractivity contribution in [2.45, 2.75) is 38.4 Å². The number of para-hydroxylation sites is 1. The Kier molecular flexibility index (Phi) is 5.09. The van der Waals surface area contributed by atoms with Crippen molar-refractivity contribution in [2.24, 2.45) is 0 Å². The van der Waals surface area contributed by atoms with Gasteiger partial charge >= 0.3 is 0 Å². The number of rotatable bonds is 4. The Labute approximate surface area is 189 Å². The number of nitrogens with zero attached hydrogens (tertiary/aromatic N) is 4. The number of nitrogens with one attached hydrogen (secondary N) is 1. The average Bonchev–Trinajstić information content (AvgIpc) is 3.37. The number of carbonyl (C=O) groups is 1. The maximum atomic E-state index is 13.0. The number of carbonyl (C=O) groups excluding carboxylic acids is 1. The van der Waals surface area contributed by atoms with Crippen LogP contribution in [0.3, 0.4) is 0 Å². The molecule has 0 saturated carbocycles. The highest BCUT2D eigenvalue weighted by Gasteiger charge is 2.28. The van der Waals surface area contributed by atoms with Gasteiger partial charge in [-0.2, -0.15) is 0 Å². The van der Waals surface area contributed by atoms with Crippen molar-refractivity contribution in [2.75, 3.05) is 11.1 Å². The zero-order valence-electron chi connectivity index (χ0n) is 18.1. The van der Waals surface area contributed by atoms with E-state index in [4.69, 9.17) is 4.98 Å². The molecule has 0 radical (unpaired) electrons. The van der Waals surface area contributed by atoms with Gasteiger partial charge in [0, 0.05) is 41.4 Å². The first kappa shape index (κ1) is 20.5. The van der Waals surface area contributed by atoms with Gasteiger partial charge in [0.15, 0.2) is 5.16 Å². The van der Waals surface area contributed by atoms with Crippen LogP contribution in [0.5, 0.6) is 0 Å². The maximum absolute atomic E-state index is 13.0. The number of pyridine rings is 1. The van der Waals surface area contributed by atoms with Crippen molar-refractivity contribution < 1.29 is 4.79 Å². The Morgan fingerprint density at radius 2 is 1.97 bits per heavy atom. The molecule has 4 aromatic rings. The molecule has 0 unspecified atom stereocenters. The fraction of sp³-hybridized carbons (Fsp3) is 0.250. The number of aromatic nitrogens is 4. The molecule has 3 aromatic heterocycles. The molecule has 0 bridgehead atoms. The molecule has 1 amide bonds. The first-order valence-corrected chi connectivity index (χ1v) is 11.5. The summed E-state index contributed by atoms with van der Waals surface area (Å²) in [6.45, 7) is 5.65. The molecule has 1 N–H and O–H groups in total. The normalized spacial score (nSPS) is 15.2. The van der Waals surface area contributed by atoms with E-state index in [9.17, 15) is 9.59 Å². The summed E-state index contributed by atoms with van der Waals surface area (Å²) < 4.78 is 3.66. The smallest absolute Gasteiger partial charge is 0.257 e. The number of fused-ring (bicyclic) bond motifs is 2. The highest BCUT2D eigenvalue weighted by Crippen LogP contribution is 2.33. The van der Waals surface area contributed by atoms with E-state index >= 15 is 0 Å². The third-order valence-electron chi connectivity index (χ3n) is 5.90. The lowest BCUT2D eigenvalue weighted by Crippen LogP contribution is -2.29. The molecule has 0 fully saturated rings. The molecule has 0 spiro atoms. The summed E-state index contributed by atoms with van der Waals surface area (Å²) in [6, 6.07) is 11.5. The second-order valence-electron chi connectivity index (χ2n) is 8.09. The fourth-order valence-corrected chi connectivity index (χ4v) is 5.22. The van der Waals surface area contributed by atoms with Gasteiger partial charge < -0.3 is 9.72 Å². The van der Waals surface area contributed by atoms with Crippen molar-refractivity contribution in [1.29, 1.82) is 0 Å². The largest absolute Gasteiger partial charge is 0.325 e. The molecule has 1 atom stereocenters. The minimum atomic E-state index is -0.209. The maximum Gasteiger partial charge on any atom is 0.257 e. The van der Waals surface area contributed by atoms with Crippen molar-refractivity contribution in [1.82, 2.24) is 18.9 Å². The molecule has 162 valence electrons. The summed E-state index contributed by atoms with van der Waals surface area (Å²) in [5.74, 6) is 0.521. The number of imidazole rings is 1. The second-order valence-corrected chi connectivity index (χ2v) is 9.08. The monoisotopic (exact) mass is 445 g/mol. The molecule has 7 nitrogen and oxygen atoms in total. The van der Waals surface area contributed by atoms with Crippen LogP contribution in [-0.4, -0.2) is 30.6 Å². The number of anilines is 1. The summed E-state index contributed by atoms with van der Waals surface area (Å²) in [6.07, 6.45) is 4.14. The second kappa shape index (κ2) is 7.94. The topological polar surface area (TPSA) is 81.3 Å². The average molecular weight is 446 g/mol. The Hall–Kier alpha value is -3.39. The first-order valence-electron chi connectivity index (χ1n) is 10.5. The summed E-state index contributed by atoms with van der Waals surface area (Å²) in [5, 5.41) is 3.73. The number of hydrogen-bond acceptors (Lipinski definition) is 5. The van der Waals surface area contributed by atoms with Crippen LogP contribution in [0.1, 0.15) is 29.3 Å². The predicted octanol–water partition coefficient (Wildman–Crippen LogP) is 4.16. The van der Waals surface area contributed by atoms with E-state index < -0.39 is 0 Å². The van der Waals surface area contributed by atoms with Gasteiger partial charge in [-0.3, -0.25) is 14.2 Å². The van der Waals surface area contributed by atoms with Crippen molar-refractivity contribution in [3.63, 3.8) is 0 Å². The van der Waals surface area contributed by atoms with Crippen LogP contribution in [0.4, 0.5) is 5.69 Å². The van der Waals surface area contributed by atoms with E-state index in [2.05, 4.69) is 10.3 Å². The summed E-state index contributed by atoms with van der Waals surface area (Å²) in [4.78, 5) is 35.0. The van der Waals surface area contributed by atoms with E-state index in [-0.39, 0.29) is 23.9 Å². The molecular formula is C24H23N5O2S. The van der Waals surface area contributed by atoms with Gasteiger partial charge in [-0.05, 0) is 38.5 Å². The van der Waals surface area contributed by atoms with Gasteiger partial charge in [0.05, 0.1) is 17.4 Å². The molecule has 1 aromatic carbocycles. The standard InChI is InChI=1S/C24H23N5O2S/c1-14-7-6-10-28-12-20(27-22(14)28)18-8-4-5-9-19(18)26-21(30)11-17-13-32-24-25-16(3)15(2)23(31)29(17)24/h4-10,12,17H,11,13H2,1-3H3,(H,26,30)/t17-/m1/s1. The van der Waals surface area contributed by atoms with Crippen LogP contribution in [0.2, 0.25) is 0 Å². The van der Waals surface area contributed by atoms with Gasteiger partial charge in [-0.15, -0.1) is 0 Å². The van der Waals surface area contributed by atoms with Crippen molar-refractivity contribution in [3.05, 3.63) is 76.0 Å². The van der Waals surface area contributed by atoms with Crippen molar-refractivity contribution in [3.8, 4) is 11.3 Å². The van der Waals surface area contributed by atoms with E-state index in [1.807, 2.05) is 67.0 Å². The van der Waals surface area contributed by atoms with Gasteiger partial charge in [0.1, 0.15) is 5.65 Å². The third kappa shape index (κ3) is 3.50. The molecule has 5 rings (SSSR count). The quantitative estimate of drug-likeness (QED) is 0.477. The van der Waals surface area contributed by atoms with Crippen LogP contribution in [-0.2, 0) is 4.79 Å². The number of amides is 1. The van der Waals surface area contributed by atoms with Crippen LogP contribution in [0.25, 0.3) is 16.9 Å². The number of aryl methyl sites for hydroxylation is 2. The lowest BCUT2D eigenvalue weighted by Gasteiger charge is -2.15. The Bertz CT molecular complexity index is 1420. The molecule has 8 heteroatoms. The van der Waals surface area contributed by atoms with Crippen molar-refractivity contribution >= 4 is 29.0 Å². The van der Waals surface area contributed by atoms with Crippen LogP contribution in [0, 0.1) is 20.8 Å². The minimum Gasteiger partial charge on any atom is -0.325 e. The predicted molar refractivity (Wildman–Crippen MR) is 126 cm³/mol. The summed E-state index contributed by atoms with van der Waals surface area (Å²) in [5.41, 5.74) is 5.65. The minimum absolute atomic E-state index is 0.0595. The number of benzene rings is 1. The SMILES string of the molecule is Cc1nc2n(c(=O)c1C)[C@H](CC(=O)Nc1ccccc1-c1cn3cccc(C)c3n1)CS2. The zero-order chi connectivity index (χ0) is 22.4. The molecule has 1 aliphatic heterocycles. The summed E-state index contributed by atoms with van der Waals surface area (Å²) >= 11 is 1.52.